The largest absolute Gasteiger partial charge is 0.395 e. The predicted octanol–water partition coefficient (Wildman–Crippen LogP) is -1.53. The first-order chi connectivity index (χ1) is 9.13. The number of hydrogen-bond donors (Lipinski definition) is 5. The van der Waals surface area contributed by atoms with Crippen molar-refractivity contribution in [1.82, 2.24) is 10.6 Å². The molecular formula is C13H18N2O4. The van der Waals surface area contributed by atoms with E-state index >= 15 is 0 Å². The smallest absolute Gasteiger partial charge is 0.251 e. The Morgan fingerprint density at radius 2 is 1.95 bits per heavy atom. The zero-order chi connectivity index (χ0) is 13.8. The average molecular weight is 266 g/mol. The molecule has 1 heterocycles. The molecule has 0 spiro atoms. The van der Waals surface area contributed by atoms with Gasteiger partial charge in [0.05, 0.1) is 24.8 Å². The van der Waals surface area contributed by atoms with E-state index in [4.69, 9.17) is 5.11 Å². The third-order valence-electron chi connectivity index (χ3n) is 3.32. The fraction of sp³-hybridized carbons (Fsp3) is 0.462. The number of hydrogen-bond acceptors (Lipinski definition) is 5. The van der Waals surface area contributed by atoms with Gasteiger partial charge in [-0.1, -0.05) is 18.2 Å². The van der Waals surface area contributed by atoms with Gasteiger partial charge in [0.1, 0.15) is 6.10 Å². The minimum atomic E-state index is -1.11. The summed E-state index contributed by atoms with van der Waals surface area (Å²) in [5.74, 6) is -0.305. The lowest BCUT2D eigenvalue weighted by Gasteiger charge is -2.37. The summed E-state index contributed by atoms with van der Waals surface area (Å²) >= 11 is 0. The van der Waals surface area contributed by atoms with Gasteiger partial charge in [-0.25, -0.2) is 0 Å². The molecule has 1 fully saturated rings. The van der Waals surface area contributed by atoms with E-state index in [2.05, 4.69) is 10.6 Å². The van der Waals surface area contributed by atoms with Gasteiger partial charge in [0, 0.05) is 12.1 Å². The summed E-state index contributed by atoms with van der Waals surface area (Å²) in [6.45, 7) is 0.0274. The maximum Gasteiger partial charge on any atom is 0.251 e. The standard InChI is InChI=1S/C13H18N2O4/c16-7-10-12(18)11(17)9(6-14-10)15-13(19)8-4-2-1-3-5-8/h1-5,9-12,14,16-18H,6-7H2,(H,15,19)/t9-,10+,11+,12+/m0/s1. The molecule has 1 aromatic carbocycles. The zero-order valence-corrected chi connectivity index (χ0v) is 10.4. The summed E-state index contributed by atoms with van der Waals surface area (Å²) in [5.41, 5.74) is 0.494. The van der Waals surface area contributed by atoms with E-state index in [-0.39, 0.29) is 12.5 Å². The van der Waals surface area contributed by atoms with Gasteiger partial charge < -0.3 is 26.0 Å². The number of rotatable bonds is 3. The molecule has 4 atom stereocenters. The predicted molar refractivity (Wildman–Crippen MR) is 68.6 cm³/mol. The first-order valence-corrected chi connectivity index (χ1v) is 6.19. The van der Waals surface area contributed by atoms with Crippen LogP contribution in [0.1, 0.15) is 10.4 Å². The van der Waals surface area contributed by atoms with Crippen LogP contribution in [0.25, 0.3) is 0 Å². The van der Waals surface area contributed by atoms with Gasteiger partial charge in [-0.05, 0) is 12.1 Å². The highest BCUT2D eigenvalue weighted by Gasteiger charge is 2.37. The van der Waals surface area contributed by atoms with Gasteiger partial charge in [0.15, 0.2) is 0 Å². The number of aliphatic hydroxyl groups excluding tert-OH is 3. The van der Waals surface area contributed by atoms with Crippen molar-refractivity contribution in [2.75, 3.05) is 13.2 Å². The SMILES string of the molecule is O=C(N[C@H]1CN[C@H](CO)[C@@H](O)[C@@H]1O)c1ccccc1. The van der Waals surface area contributed by atoms with Crippen LogP contribution in [0.15, 0.2) is 30.3 Å². The highest BCUT2D eigenvalue weighted by molar-refractivity contribution is 5.94. The molecule has 1 aliphatic heterocycles. The summed E-state index contributed by atoms with van der Waals surface area (Å²) in [5, 5.41) is 34.2. The molecule has 0 aromatic heterocycles. The molecule has 1 aliphatic rings. The van der Waals surface area contributed by atoms with Crippen LogP contribution in [0.3, 0.4) is 0 Å². The lowest BCUT2D eigenvalue weighted by molar-refractivity contribution is -0.0535. The van der Waals surface area contributed by atoms with Crippen LogP contribution in [0, 0.1) is 0 Å². The van der Waals surface area contributed by atoms with Crippen LogP contribution in [0.2, 0.25) is 0 Å². The normalized spacial score (nSPS) is 30.9. The first kappa shape index (κ1) is 14.0. The lowest BCUT2D eigenvalue weighted by atomic mass is 9.94. The van der Waals surface area contributed by atoms with Crippen LogP contribution in [-0.2, 0) is 0 Å². The molecule has 0 saturated carbocycles. The summed E-state index contributed by atoms with van der Waals surface area (Å²) in [6, 6.07) is 7.49. The quantitative estimate of drug-likeness (QED) is 0.457. The minimum Gasteiger partial charge on any atom is -0.395 e. The second-order valence-corrected chi connectivity index (χ2v) is 4.62. The molecular weight excluding hydrogens is 248 g/mol. The fourth-order valence-corrected chi connectivity index (χ4v) is 2.15. The van der Waals surface area contributed by atoms with Gasteiger partial charge in [-0.3, -0.25) is 4.79 Å². The van der Waals surface area contributed by atoms with E-state index in [9.17, 15) is 15.0 Å². The van der Waals surface area contributed by atoms with E-state index in [1.807, 2.05) is 6.07 Å². The first-order valence-electron chi connectivity index (χ1n) is 6.19. The van der Waals surface area contributed by atoms with Crippen molar-refractivity contribution in [3.05, 3.63) is 35.9 Å². The van der Waals surface area contributed by atoms with E-state index < -0.39 is 24.3 Å². The third-order valence-corrected chi connectivity index (χ3v) is 3.32. The van der Waals surface area contributed by atoms with Crippen LogP contribution >= 0.6 is 0 Å². The molecule has 104 valence electrons. The molecule has 5 N–H and O–H groups in total. The van der Waals surface area contributed by atoms with Gasteiger partial charge >= 0.3 is 0 Å². The number of carbonyl (C=O) groups excluding carboxylic acids is 1. The molecule has 0 radical (unpaired) electrons. The van der Waals surface area contributed by atoms with Gasteiger partial charge in [-0.2, -0.15) is 0 Å². The van der Waals surface area contributed by atoms with Crippen LogP contribution in [0.4, 0.5) is 0 Å². The molecule has 2 rings (SSSR count). The number of aliphatic hydroxyl groups is 3. The van der Waals surface area contributed by atoms with Gasteiger partial charge in [0.25, 0.3) is 5.91 Å². The average Bonchev–Trinajstić information content (AvgIpc) is 2.45. The van der Waals surface area contributed by atoms with Crippen molar-refractivity contribution in [1.29, 1.82) is 0 Å². The van der Waals surface area contributed by atoms with Gasteiger partial charge in [0.2, 0.25) is 0 Å². The second kappa shape index (κ2) is 6.12. The van der Waals surface area contributed by atoms with Crippen LogP contribution in [-0.4, -0.2) is 58.7 Å². The molecule has 1 saturated heterocycles. The highest BCUT2D eigenvalue weighted by atomic mass is 16.3. The Balaban J connectivity index is 1.98. The van der Waals surface area contributed by atoms with E-state index in [1.54, 1.807) is 24.3 Å². The summed E-state index contributed by atoms with van der Waals surface area (Å²) in [4.78, 5) is 11.9. The number of carbonyl (C=O) groups is 1. The third kappa shape index (κ3) is 3.10. The van der Waals surface area contributed by atoms with Crippen molar-refractivity contribution in [3.63, 3.8) is 0 Å². The summed E-state index contributed by atoms with van der Waals surface area (Å²) < 4.78 is 0. The molecule has 0 bridgehead atoms. The zero-order valence-electron chi connectivity index (χ0n) is 10.4. The van der Waals surface area contributed by atoms with Crippen molar-refractivity contribution in [2.24, 2.45) is 0 Å². The topological polar surface area (TPSA) is 102 Å². The lowest BCUT2D eigenvalue weighted by Crippen LogP contribution is -2.65. The maximum atomic E-state index is 11.9. The van der Waals surface area contributed by atoms with Crippen molar-refractivity contribution >= 4 is 5.91 Å². The Morgan fingerprint density at radius 1 is 1.26 bits per heavy atom. The Morgan fingerprint density at radius 3 is 2.58 bits per heavy atom. The highest BCUT2D eigenvalue weighted by Crippen LogP contribution is 2.11. The Bertz CT molecular complexity index is 426. The molecule has 1 aromatic rings. The van der Waals surface area contributed by atoms with Gasteiger partial charge in [-0.15, -0.1) is 0 Å². The summed E-state index contributed by atoms with van der Waals surface area (Å²) in [6.07, 6.45) is -2.22. The number of piperidine rings is 1. The Labute approximate surface area is 111 Å². The number of amides is 1. The van der Waals surface area contributed by atoms with Crippen LogP contribution in [0.5, 0.6) is 0 Å². The van der Waals surface area contributed by atoms with Crippen molar-refractivity contribution < 1.29 is 20.1 Å². The summed E-state index contributed by atoms with van der Waals surface area (Å²) in [7, 11) is 0. The molecule has 1 amide bonds. The van der Waals surface area contributed by atoms with E-state index in [1.165, 1.54) is 0 Å². The minimum absolute atomic E-state index is 0.266. The van der Waals surface area contributed by atoms with Crippen molar-refractivity contribution in [2.45, 2.75) is 24.3 Å². The molecule has 0 aliphatic carbocycles. The molecule has 6 heteroatoms. The molecule has 0 unspecified atom stereocenters. The van der Waals surface area contributed by atoms with Crippen LogP contribution < -0.4 is 10.6 Å². The van der Waals surface area contributed by atoms with Crippen molar-refractivity contribution in [3.8, 4) is 0 Å². The number of benzene rings is 1. The molecule has 6 nitrogen and oxygen atoms in total. The number of nitrogens with one attached hydrogen (secondary N) is 2. The Kier molecular flexibility index (Phi) is 4.49. The second-order valence-electron chi connectivity index (χ2n) is 4.62. The Hall–Kier alpha value is -1.47. The van der Waals surface area contributed by atoms with E-state index in [0.717, 1.165) is 0 Å². The van der Waals surface area contributed by atoms with E-state index in [0.29, 0.717) is 12.1 Å². The fourth-order valence-electron chi connectivity index (χ4n) is 2.15. The monoisotopic (exact) mass is 266 g/mol. The molecule has 19 heavy (non-hydrogen) atoms. The maximum absolute atomic E-state index is 11.9.